The Morgan fingerprint density at radius 1 is 1.25 bits per heavy atom. The highest BCUT2D eigenvalue weighted by Crippen LogP contribution is 2.26. The minimum Gasteiger partial charge on any atom is -0.388 e. The van der Waals surface area contributed by atoms with Gasteiger partial charge in [0.15, 0.2) is 0 Å². The number of carbonyl (C=O) groups excluding carboxylic acids is 1. The van der Waals surface area contributed by atoms with Crippen molar-refractivity contribution in [2.75, 3.05) is 32.5 Å². The van der Waals surface area contributed by atoms with Gasteiger partial charge in [-0.15, -0.1) is 0 Å². The molecule has 0 aliphatic rings. The number of nitrogens with zero attached hydrogens (tertiary/aromatic N) is 2. The van der Waals surface area contributed by atoms with Crippen LogP contribution in [0.25, 0.3) is 0 Å². The summed E-state index contributed by atoms with van der Waals surface area (Å²) >= 11 is 5.99. The second kappa shape index (κ2) is 10.0. The molecule has 0 saturated carbocycles. The predicted octanol–water partition coefficient (Wildman–Crippen LogP) is 3.28. The van der Waals surface area contributed by atoms with E-state index >= 15 is 0 Å². The lowest BCUT2D eigenvalue weighted by atomic mass is 9.95. The summed E-state index contributed by atoms with van der Waals surface area (Å²) in [4.78, 5) is 24.3. The first kappa shape index (κ1) is 21.6. The Balaban J connectivity index is 2.00. The van der Waals surface area contributed by atoms with Crippen LogP contribution in [0.2, 0.25) is 5.02 Å². The molecule has 0 saturated heterocycles. The van der Waals surface area contributed by atoms with Crippen molar-refractivity contribution in [3.05, 3.63) is 69.2 Å². The molecule has 9 heteroatoms. The minimum absolute atomic E-state index is 0.0681. The van der Waals surface area contributed by atoms with E-state index in [1.807, 2.05) is 49.3 Å². The molecule has 3 N–H and O–H groups in total. The molecular formula is C19H23ClN4O4. The molecule has 8 nitrogen and oxygen atoms in total. The van der Waals surface area contributed by atoms with Crippen molar-refractivity contribution in [3.63, 3.8) is 0 Å². The predicted molar refractivity (Wildman–Crippen MR) is 109 cm³/mol. The van der Waals surface area contributed by atoms with Gasteiger partial charge in [0, 0.05) is 31.1 Å². The smallest absolute Gasteiger partial charge is 0.319 e. The fourth-order valence-electron chi connectivity index (χ4n) is 2.78. The molecule has 2 aromatic carbocycles. The van der Waals surface area contributed by atoms with E-state index < -0.39 is 17.1 Å². The van der Waals surface area contributed by atoms with Crippen molar-refractivity contribution < 1.29 is 14.8 Å². The fraction of sp³-hybridized carbons (Fsp3) is 0.316. The first-order chi connectivity index (χ1) is 13.3. The van der Waals surface area contributed by atoms with Gasteiger partial charge in [-0.05, 0) is 25.7 Å². The molecule has 150 valence electrons. The Morgan fingerprint density at radius 3 is 2.50 bits per heavy atom. The maximum Gasteiger partial charge on any atom is 0.319 e. The minimum atomic E-state index is -0.744. The van der Waals surface area contributed by atoms with Gasteiger partial charge in [0.25, 0.3) is 5.69 Å². The number of hydrogen-bond acceptors (Lipinski definition) is 5. The number of urea groups is 1. The van der Waals surface area contributed by atoms with Gasteiger partial charge in [-0.25, -0.2) is 4.79 Å². The number of nitro groups is 1. The van der Waals surface area contributed by atoms with Gasteiger partial charge in [-0.3, -0.25) is 10.1 Å². The van der Waals surface area contributed by atoms with Gasteiger partial charge in [-0.1, -0.05) is 41.9 Å². The van der Waals surface area contributed by atoms with E-state index in [0.717, 1.165) is 5.56 Å². The van der Waals surface area contributed by atoms with Gasteiger partial charge in [0.1, 0.15) is 0 Å². The van der Waals surface area contributed by atoms with Crippen LogP contribution in [0.3, 0.4) is 0 Å². The van der Waals surface area contributed by atoms with Crippen LogP contribution < -0.4 is 10.6 Å². The Hall–Kier alpha value is -2.68. The standard InChI is InChI=1S/C19H23ClN4O4/c1-23(2)12-14(18(25)13-6-4-3-5-7-13)11-21-19(26)22-17-9-8-15(24(27)28)10-16(17)20/h3-10,14,18,25H,11-12H2,1-2H3,(H2,21,22,26)/t14-,18+/m0/s1. The van der Waals surface area contributed by atoms with Gasteiger partial charge in [0.05, 0.1) is 21.7 Å². The van der Waals surface area contributed by atoms with Crippen molar-refractivity contribution >= 4 is 29.0 Å². The molecule has 0 aliphatic heterocycles. The Labute approximate surface area is 168 Å². The molecule has 0 aromatic heterocycles. The van der Waals surface area contributed by atoms with Gasteiger partial charge in [-0.2, -0.15) is 0 Å². The maximum atomic E-state index is 12.2. The van der Waals surface area contributed by atoms with Crippen molar-refractivity contribution in [3.8, 4) is 0 Å². The fourth-order valence-corrected chi connectivity index (χ4v) is 3.00. The monoisotopic (exact) mass is 406 g/mol. The van der Waals surface area contributed by atoms with Crippen molar-refractivity contribution in [2.45, 2.75) is 6.10 Å². The third-order valence-electron chi connectivity index (χ3n) is 4.12. The summed E-state index contributed by atoms with van der Waals surface area (Å²) in [5.41, 5.74) is 0.875. The number of amides is 2. The number of nitro benzene ring substituents is 1. The lowest BCUT2D eigenvalue weighted by molar-refractivity contribution is -0.384. The van der Waals surface area contributed by atoms with E-state index in [9.17, 15) is 20.0 Å². The highest BCUT2D eigenvalue weighted by atomic mass is 35.5. The zero-order valence-electron chi connectivity index (χ0n) is 15.6. The Bertz CT molecular complexity index is 817. The quantitative estimate of drug-likeness (QED) is 0.460. The molecule has 2 rings (SSSR count). The van der Waals surface area contributed by atoms with Crippen molar-refractivity contribution in [1.29, 1.82) is 0 Å². The molecule has 0 unspecified atom stereocenters. The molecule has 0 heterocycles. The van der Waals surface area contributed by atoms with E-state index in [4.69, 9.17) is 11.6 Å². The number of anilines is 1. The van der Waals surface area contributed by atoms with Crippen LogP contribution >= 0.6 is 11.6 Å². The van der Waals surface area contributed by atoms with Crippen LogP contribution in [-0.2, 0) is 0 Å². The molecular weight excluding hydrogens is 384 g/mol. The van der Waals surface area contributed by atoms with Gasteiger partial charge in [0.2, 0.25) is 0 Å². The van der Waals surface area contributed by atoms with Crippen LogP contribution in [0.15, 0.2) is 48.5 Å². The van der Waals surface area contributed by atoms with Crippen LogP contribution in [0.5, 0.6) is 0 Å². The number of hydrogen-bond donors (Lipinski definition) is 3. The molecule has 2 amide bonds. The second-order valence-corrected chi connectivity index (χ2v) is 7.04. The summed E-state index contributed by atoms with van der Waals surface area (Å²) in [6.45, 7) is 0.791. The number of halogens is 1. The summed E-state index contributed by atoms with van der Waals surface area (Å²) in [5.74, 6) is -0.240. The summed E-state index contributed by atoms with van der Waals surface area (Å²) in [7, 11) is 3.78. The number of aliphatic hydroxyl groups excluding tert-OH is 1. The lowest BCUT2D eigenvalue weighted by Gasteiger charge is -2.26. The zero-order chi connectivity index (χ0) is 20.7. The van der Waals surface area contributed by atoms with E-state index in [-0.39, 0.29) is 28.9 Å². The largest absolute Gasteiger partial charge is 0.388 e. The maximum absolute atomic E-state index is 12.2. The summed E-state index contributed by atoms with van der Waals surface area (Å²) in [6, 6.07) is 12.5. The third-order valence-corrected chi connectivity index (χ3v) is 4.44. The number of nitrogens with one attached hydrogen (secondary N) is 2. The van der Waals surface area contributed by atoms with Crippen LogP contribution in [0.1, 0.15) is 11.7 Å². The average Bonchev–Trinajstić information content (AvgIpc) is 2.66. The summed E-state index contributed by atoms with van der Waals surface area (Å²) in [6.07, 6.45) is -0.744. The molecule has 2 atom stereocenters. The zero-order valence-corrected chi connectivity index (χ0v) is 16.4. The van der Waals surface area contributed by atoms with Crippen molar-refractivity contribution in [2.24, 2.45) is 5.92 Å². The topological polar surface area (TPSA) is 108 Å². The SMILES string of the molecule is CN(C)C[C@H](CNC(=O)Nc1ccc([N+](=O)[O-])cc1Cl)[C@H](O)c1ccccc1. The molecule has 28 heavy (non-hydrogen) atoms. The first-order valence-electron chi connectivity index (χ1n) is 8.64. The summed E-state index contributed by atoms with van der Waals surface area (Å²) < 4.78 is 0. The van der Waals surface area contributed by atoms with Crippen LogP contribution in [0.4, 0.5) is 16.2 Å². The highest BCUT2D eigenvalue weighted by Gasteiger charge is 2.22. The normalized spacial score (nSPS) is 13.0. The number of benzene rings is 2. The van der Waals surface area contributed by atoms with Gasteiger partial charge < -0.3 is 20.6 Å². The number of non-ortho nitro benzene ring substituents is 1. The molecule has 0 radical (unpaired) electrons. The number of rotatable bonds is 8. The van der Waals surface area contributed by atoms with Crippen LogP contribution in [-0.4, -0.2) is 48.1 Å². The number of aliphatic hydroxyl groups is 1. The molecule has 0 bridgehead atoms. The van der Waals surface area contributed by atoms with E-state index in [2.05, 4.69) is 10.6 Å². The van der Waals surface area contributed by atoms with Gasteiger partial charge >= 0.3 is 6.03 Å². The highest BCUT2D eigenvalue weighted by molar-refractivity contribution is 6.33. The number of carbonyl (C=O) groups is 1. The summed E-state index contributed by atoms with van der Waals surface area (Å²) in [5, 5.41) is 26.8. The average molecular weight is 407 g/mol. The molecule has 0 spiro atoms. The van der Waals surface area contributed by atoms with E-state index in [0.29, 0.717) is 6.54 Å². The van der Waals surface area contributed by atoms with Crippen molar-refractivity contribution in [1.82, 2.24) is 10.2 Å². The Kier molecular flexibility index (Phi) is 7.74. The first-order valence-corrected chi connectivity index (χ1v) is 9.02. The van der Waals surface area contributed by atoms with Crippen LogP contribution in [0, 0.1) is 16.0 Å². The lowest BCUT2D eigenvalue weighted by Crippen LogP contribution is -2.39. The Morgan fingerprint density at radius 2 is 1.93 bits per heavy atom. The molecule has 0 fully saturated rings. The molecule has 2 aromatic rings. The van der Waals surface area contributed by atoms with E-state index in [1.54, 1.807) is 0 Å². The third kappa shape index (κ3) is 6.19. The second-order valence-electron chi connectivity index (χ2n) is 6.63. The van der Waals surface area contributed by atoms with E-state index in [1.165, 1.54) is 18.2 Å². The molecule has 0 aliphatic carbocycles.